The lowest BCUT2D eigenvalue weighted by Crippen LogP contribution is -2.41. The van der Waals surface area contributed by atoms with E-state index in [-0.39, 0.29) is 12.5 Å². The minimum atomic E-state index is 0.162. The SMILES string of the molecule is COc1nccc(N2C[C@@H](CN3CCOCC3)[C@@H](CO)C2)c1C#N. The van der Waals surface area contributed by atoms with Crippen LogP contribution in [-0.4, -0.2) is 74.6 Å². The van der Waals surface area contributed by atoms with Crippen LogP contribution in [0.3, 0.4) is 0 Å². The molecule has 24 heavy (non-hydrogen) atoms. The fraction of sp³-hybridized carbons (Fsp3) is 0.647. The Bertz CT molecular complexity index is 598. The molecule has 0 unspecified atom stereocenters. The third-order valence-electron chi connectivity index (χ3n) is 4.95. The Kier molecular flexibility index (Phi) is 5.51. The standard InChI is InChI=1S/C17H24N4O3/c1-23-17-15(8-18)16(2-3-19-17)21-10-13(14(11-21)12-22)9-20-4-6-24-7-5-20/h2-3,13-14,22H,4-7,9-12H2,1H3/t13-,14-/m1/s1. The summed E-state index contributed by atoms with van der Waals surface area (Å²) in [6.45, 7) is 6.13. The van der Waals surface area contributed by atoms with Crippen molar-refractivity contribution in [2.45, 2.75) is 0 Å². The van der Waals surface area contributed by atoms with Gasteiger partial charge in [-0.05, 0) is 12.0 Å². The van der Waals surface area contributed by atoms with Gasteiger partial charge in [-0.25, -0.2) is 4.98 Å². The van der Waals surface area contributed by atoms with E-state index in [2.05, 4.69) is 20.9 Å². The molecule has 7 heteroatoms. The molecule has 2 saturated heterocycles. The van der Waals surface area contributed by atoms with E-state index in [1.165, 1.54) is 7.11 Å². The third kappa shape index (κ3) is 3.46. The Balaban J connectivity index is 1.75. The number of nitrogens with zero attached hydrogens (tertiary/aromatic N) is 4. The van der Waals surface area contributed by atoms with Crippen molar-refractivity contribution in [1.29, 1.82) is 5.26 Å². The van der Waals surface area contributed by atoms with Gasteiger partial charge in [0.05, 0.1) is 26.0 Å². The monoisotopic (exact) mass is 332 g/mol. The van der Waals surface area contributed by atoms with E-state index in [1.54, 1.807) is 6.20 Å². The molecule has 2 aliphatic heterocycles. The lowest BCUT2D eigenvalue weighted by molar-refractivity contribution is 0.0268. The van der Waals surface area contributed by atoms with Crippen molar-refractivity contribution in [2.75, 3.05) is 64.6 Å². The van der Waals surface area contributed by atoms with Crippen LogP contribution < -0.4 is 9.64 Å². The Hall–Kier alpha value is -1.88. The predicted molar refractivity (Wildman–Crippen MR) is 89.0 cm³/mol. The van der Waals surface area contributed by atoms with Crippen LogP contribution in [0.2, 0.25) is 0 Å². The highest BCUT2D eigenvalue weighted by atomic mass is 16.5. The first-order valence-electron chi connectivity index (χ1n) is 8.35. The van der Waals surface area contributed by atoms with Crippen molar-refractivity contribution >= 4 is 5.69 Å². The molecule has 0 amide bonds. The zero-order chi connectivity index (χ0) is 16.9. The summed E-state index contributed by atoms with van der Waals surface area (Å²) >= 11 is 0. The Morgan fingerprint density at radius 1 is 1.38 bits per heavy atom. The van der Waals surface area contributed by atoms with E-state index >= 15 is 0 Å². The summed E-state index contributed by atoms with van der Waals surface area (Å²) in [7, 11) is 1.52. The normalized spacial score (nSPS) is 24.8. The Morgan fingerprint density at radius 3 is 2.79 bits per heavy atom. The molecule has 1 aromatic heterocycles. The zero-order valence-corrected chi connectivity index (χ0v) is 14.0. The average molecular weight is 332 g/mol. The third-order valence-corrected chi connectivity index (χ3v) is 4.95. The van der Waals surface area contributed by atoms with E-state index in [4.69, 9.17) is 9.47 Å². The smallest absolute Gasteiger partial charge is 0.233 e. The van der Waals surface area contributed by atoms with Crippen molar-refractivity contribution in [3.05, 3.63) is 17.8 Å². The fourth-order valence-electron chi connectivity index (χ4n) is 3.62. The fourth-order valence-corrected chi connectivity index (χ4v) is 3.62. The number of nitriles is 1. The number of ether oxygens (including phenoxy) is 2. The van der Waals surface area contributed by atoms with Crippen LogP contribution in [0.1, 0.15) is 5.56 Å². The number of rotatable bonds is 5. The number of hydrogen-bond acceptors (Lipinski definition) is 7. The summed E-state index contributed by atoms with van der Waals surface area (Å²) in [6, 6.07) is 4.06. The molecular formula is C17H24N4O3. The van der Waals surface area contributed by atoms with Gasteiger partial charge < -0.3 is 19.5 Å². The molecule has 1 aromatic rings. The molecule has 0 bridgehead atoms. The van der Waals surface area contributed by atoms with E-state index < -0.39 is 0 Å². The van der Waals surface area contributed by atoms with Gasteiger partial charge in [0.2, 0.25) is 5.88 Å². The lowest BCUT2D eigenvalue weighted by Gasteiger charge is -2.30. The van der Waals surface area contributed by atoms with Gasteiger partial charge in [0.15, 0.2) is 0 Å². The van der Waals surface area contributed by atoms with Crippen LogP contribution in [0.5, 0.6) is 5.88 Å². The molecule has 1 N–H and O–H groups in total. The molecule has 0 saturated carbocycles. The molecule has 2 aliphatic rings. The lowest BCUT2D eigenvalue weighted by atomic mass is 9.96. The quantitative estimate of drug-likeness (QED) is 0.832. The molecular weight excluding hydrogens is 308 g/mol. The van der Waals surface area contributed by atoms with Gasteiger partial charge in [-0.1, -0.05) is 0 Å². The van der Waals surface area contributed by atoms with Crippen LogP contribution in [-0.2, 0) is 4.74 Å². The number of anilines is 1. The van der Waals surface area contributed by atoms with Crippen molar-refractivity contribution in [2.24, 2.45) is 11.8 Å². The molecule has 2 fully saturated rings. The summed E-state index contributed by atoms with van der Waals surface area (Å²) in [4.78, 5) is 8.69. The maximum absolute atomic E-state index is 9.79. The van der Waals surface area contributed by atoms with Crippen LogP contribution in [0, 0.1) is 23.2 Å². The summed E-state index contributed by atoms with van der Waals surface area (Å²) in [5.41, 5.74) is 1.30. The largest absolute Gasteiger partial charge is 0.480 e. The number of morpholine rings is 1. The van der Waals surface area contributed by atoms with Crippen molar-refractivity contribution in [1.82, 2.24) is 9.88 Å². The van der Waals surface area contributed by atoms with Crippen LogP contribution in [0.4, 0.5) is 5.69 Å². The van der Waals surface area contributed by atoms with Gasteiger partial charge in [-0.15, -0.1) is 0 Å². The number of aliphatic hydroxyl groups is 1. The molecule has 7 nitrogen and oxygen atoms in total. The number of pyridine rings is 1. The first kappa shape index (κ1) is 17.0. The van der Waals surface area contributed by atoms with Crippen LogP contribution in [0.25, 0.3) is 0 Å². The highest BCUT2D eigenvalue weighted by molar-refractivity contribution is 5.63. The minimum Gasteiger partial charge on any atom is -0.480 e. The Labute approximate surface area is 142 Å². The van der Waals surface area contributed by atoms with E-state index in [0.29, 0.717) is 17.4 Å². The predicted octanol–water partition coefficient (Wildman–Crippen LogP) is 0.339. The summed E-state index contributed by atoms with van der Waals surface area (Å²) in [5.74, 6) is 0.935. The second-order valence-corrected chi connectivity index (χ2v) is 6.35. The molecule has 0 aromatic carbocycles. The van der Waals surface area contributed by atoms with Crippen molar-refractivity contribution < 1.29 is 14.6 Å². The number of aliphatic hydroxyl groups excluding tert-OH is 1. The average Bonchev–Trinajstić information content (AvgIpc) is 3.04. The maximum atomic E-state index is 9.79. The zero-order valence-electron chi connectivity index (χ0n) is 14.0. The molecule has 2 atom stereocenters. The van der Waals surface area contributed by atoms with Gasteiger partial charge >= 0.3 is 0 Å². The van der Waals surface area contributed by atoms with E-state index in [9.17, 15) is 10.4 Å². The van der Waals surface area contributed by atoms with E-state index in [0.717, 1.165) is 51.6 Å². The summed E-state index contributed by atoms with van der Waals surface area (Å²) in [6.07, 6.45) is 1.66. The molecule has 0 spiro atoms. The van der Waals surface area contributed by atoms with Gasteiger partial charge in [0, 0.05) is 51.4 Å². The van der Waals surface area contributed by atoms with Gasteiger partial charge in [-0.2, -0.15) is 5.26 Å². The minimum absolute atomic E-state index is 0.162. The highest BCUT2D eigenvalue weighted by Crippen LogP contribution is 2.33. The van der Waals surface area contributed by atoms with Gasteiger partial charge in [-0.3, -0.25) is 4.90 Å². The highest BCUT2D eigenvalue weighted by Gasteiger charge is 2.35. The van der Waals surface area contributed by atoms with Gasteiger partial charge in [0.1, 0.15) is 11.6 Å². The van der Waals surface area contributed by atoms with E-state index in [1.807, 2.05) is 6.07 Å². The topological polar surface area (TPSA) is 81.8 Å². The number of aromatic nitrogens is 1. The molecule has 0 radical (unpaired) electrons. The molecule has 3 rings (SSSR count). The summed E-state index contributed by atoms with van der Waals surface area (Å²) in [5, 5.41) is 19.3. The van der Waals surface area contributed by atoms with Crippen LogP contribution >= 0.6 is 0 Å². The van der Waals surface area contributed by atoms with Crippen molar-refractivity contribution in [3.8, 4) is 11.9 Å². The molecule has 130 valence electrons. The first-order chi connectivity index (χ1) is 11.8. The molecule has 3 heterocycles. The molecule has 0 aliphatic carbocycles. The van der Waals surface area contributed by atoms with Crippen molar-refractivity contribution in [3.63, 3.8) is 0 Å². The van der Waals surface area contributed by atoms with Gasteiger partial charge in [0.25, 0.3) is 0 Å². The second kappa shape index (κ2) is 7.79. The number of hydrogen-bond donors (Lipinski definition) is 1. The first-order valence-corrected chi connectivity index (χ1v) is 8.35. The Morgan fingerprint density at radius 2 is 2.12 bits per heavy atom. The summed E-state index contributed by atoms with van der Waals surface area (Å²) < 4.78 is 10.6. The number of methoxy groups -OCH3 is 1. The van der Waals surface area contributed by atoms with Crippen LogP contribution in [0.15, 0.2) is 12.3 Å². The maximum Gasteiger partial charge on any atom is 0.233 e. The second-order valence-electron chi connectivity index (χ2n) is 6.35.